The topological polar surface area (TPSA) is 70.6 Å². The van der Waals surface area contributed by atoms with Crippen molar-refractivity contribution in [2.75, 3.05) is 26.8 Å². The summed E-state index contributed by atoms with van der Waals surface area (Å²) in [7, 11) is 1.60. The number of phenols is 1. The van der Waals surface area contributed by atoms with Gasteiger partial charge in [-0.1, -0.05) is 12.1 Å². The molecule has 3 N–H and O–H groups in total. The zero-order valence-corrected chi connectivity index (χ0v) is 12.5. The lowest BCUT2D eigenvalue weighted by Crippen LogP contribution is -2.29. The van der Waals surface area contributed by atoms with E-state index in [0.29, 0.717) is 37.1 Å². The molecule has 106 valence electrons. The SMILES string of the molecule is COCCNC(=O)CCNCc1cccc(Br)c1O. The van der Waals surface area contributed by atoms with Gasteiger partial charge in [-0.15, -0.1) is 0 Å². The van der Waals surface area contributed by atoms with Gasteiger partial charge in [0.25, 0.3) is 0 Å². The summed E-state index contributed by atoms with van der Waals surface area (Å²) in [6.45, 7) is 2.13. The molecule has 19 heavy (non-hydrogen) atoms. The minimum Gasteiger partial charge on any atom is -0.506 e. The smallest absolute Gasteiger partial charge is 0.221 e. The van der Waals surface area contributed by atoms with E-state index in [9.17, 15) is 9.90 Å². The molecule has 0 aliphatic rings. The maximum atomic E-state index is 11.4. The van der Waals surface area contributed by atoms with Crippen LogP contribution in [0, 0.1) is 0 Å². The standard InChI is InChI=1S/C13H19BrN2O3/c1-19-8-7-16-12(17)5-6-15-9-10-3-2-4-11(14)13(10)18/h2-4,15,18H,5-9H2,1H3,(H,16,17). The molecule has 1 rings (SSSR count). The number of carbonyl (C=O) groups excluding carboxylic acids is 1. The molecular weight excluding hydrogens is 312 g/mol. The number of benzene rings is 1. The molecule has 0 radical (unpaired) electrons. The molecule has 6 heteroatoms. The van der Waals surface area contributed by atoms with E-state index in [4.69, 9.17) is 4.74 Å². The van der Waals surface area contributed by atoms with Crippen molar-refractivity contribution in [1.82, 2.24) is 10.6 Å². The van der Waals surface area contributed by atoms with Crippen molar-refractivity contribution in [3.8, 4) is 5.75 Å². The number of para-hydroxylation sites is 1. The van der Waals surface area contributed by atoms with Gasteiger partial charge in [0.2, 0.25) is 5.91 Å². The molecular formula is C13H19BrN2O3. The lowest BCUT2D eigenvalue weighted by Gasteiger charge is -2.08. The van der Waals surface area contributed by atoms with Gasteiger partial charge in [-0.05, 0) is 22.0 Å². The predicted octanol–water partition coefficient (Wildman–Crippen LogP) is 1.40. The first-order valence-electron chi connectivity index (χ1n) is 6.08. The van der Waals surface area contributed by atoms with E-state index in [2.05, 4.69) is 26.6 Å². The molecule has 0 spiro atoms. The molecule has 1 amide bonds. The minimum atomic E-state index is -0.0111. The van der Waals surface area contributed by atoms with E-state index < -0.39 is 0 Å². The number of nitrogens with one attached hydrogen (secondary N) is 2. The van der Waals surface area contributed by atoms with Crippen LogP contribution in [-0.2, 0) is 16.1 Å². The van der Waals surface area contributed by atoms with E-state index in [1.165, 1.54) is 0 Å². The number of hydrogen-bond acceptors (Lipinski definition) is 4. The average Bonchev–Trinajstić information content (AvgIpc) is 2.39. The minimum absolute atomic E-state index is 0.0111. The van der Waals surface area contributed by atoms with Crippen molar-refractivity contribution in [2.45, 2.75) is 13.0 Å². The Morgan fingerprint density at radius 3 is 2.95 bits per heavy atom. The summed E-state index contributed by atoms with van der Waals surface area (Å²) in [5.74, 6) is 0.225. The van der Waals surface area contributed by atoms with Crippen LogP contribution in [-0.4, -0.2) is 37.8 Å². The summed E-state index contributed by atoms with van der Waals surface area (Å²) < 4.78 is 5.51. The first-order valence-corrected chi connectivity index (χ1v) is 6.87. The number of rotatable bonds is 8. The summed E-state index contributed by atoms with van der Waals surface area (Å²) >= 11 is 3.26. The highest BCUT2D eigenvalue weighted by Crippen LogP contribution is 2.26. The van der Waals surface area contributed by atoms with Crippen LogP contribution in [0.4, 0.5) is 0 Å². The number of ether oxygens (including phenoxy) is 1. The van der Waals surface area contributed by atoms with Gasteiger partial charge >= 0.3 is 0 Å². The van der Waals surface area contributed by atoms with Crippen molar-refractivity contribution < 1.29 is 14.6 Å². The molecule has 0 heterocycles. The van der Waals surface area contributed by atoms with E-state index >= 15 is 0 Å². The van der Waals surface area contributed by atoms with E-state index in [-0.39, 0.29) is 11.7 Å². The van der Waals surface area contributed by atoms with Crippen molar-refractivity contribution in [1.29, 1.82) is 0 Å². The van der Waals surface area contributed by atoms with E-state index in [0.717, 1.165) is 5.56 Å². The number of methoxy groups -OCH3 is 1. The first-order chi connectivity index (χ1) is 9.15. The second-order valence-electron chi connectivity index (χ2n) is 4.02. The van der Waals surface area contributed by atoms with Gasteiger partial charge in [0.1, 0.15) is 5.75 Å². The molecule has 0 unspecified atom stereocenters. The summed E-state index contributed by atoms with van der Waals surface area (Å²) in [5.41, 5.74) is 0.800. The molecule has 5 nitrogen and oxygen atoms in total. The Morgan fingerprint density at radius 1 is 1.42 bits per heavy atom. The van der Waals surface area contributed by atoms with Crippen molar-refractivity contribution in [3.63, 3.8) is 0 Å². The van der Waals surface area contributed by atoms with Crippen LogP contribution in [0.2, 0.25) is 0 Å². The average molecular weight is 331 g/mol. The molecule has 0 aliphatic carbocycles. The molecule has 0 saturated carbocycles. The Morgan fingerprint density at radius 2 is 2.21 bits per heavy atom. The summed E-state index contributed by atoms with van der Waals surface area (Å²) in [6.07, 6.45) is 0.401. The predicted molar refractivity (Wildman–Crippen MR) is 77.0 cm³/mol. The van der Waals surface area contributed by atoms with E-state index in [1.54, 1.807) is 13.2 Å². The van der Waals surface area contributed by atoms with Gasteiger partial charge in [0.15, 0.2) is 0 Å². The largest absolute Gasteiger partial charge is 0.506 e. The Hall–Kier alpha value is -1.11. The third-order valence-corrected chi connectivity index (χ3v) is 3.18. The summed E-state index contributed by atoms with van der Waals surface area (Å²) in [5, 5.41) is 15.6. The fraction of sp³-hybridized carbons (Fsp3) is 0.462. The molecule has 0 aromatic heterocycles. The third-order valence-electron chi connectivity index (χ3n) is 2.54. The quantitative estimate of drug-likeness (QED) is 0.630. The highest BCUT2D eigenvalue weighted by molar-refractivity contribution is 9.10. The van der Waals surface area contributed by atoms with Gasteiger partial charge in [0, 0.05) is 38.7 Å². The zero-order chi connectivity index (χ0) is 14.1. The van der Waals surface area contributed by atoms with Crippen LogP contribution in [0.25, 0.3) is 0 Å². The lowest BCUT2D eigenvalue weighted by atomic mass is 10.2. The molecule has 0 atom stereocenters. The van der Waals surface area contributed by atoms with Crippen LogP contribution in [0.15, 0.2) is 22.7 Å². The third kappa shape index (κ3) is 6.04. The van der Waals surface area contributed by atoms with Gasteiger partial charge in [0.05, 0.1) is 11.1 Å². The Labute approximate surface area is 121 Å². The maximum absolute atomic E-state index is 11.4. The zero-order valence-electron chi connectivity index (χ0n) is 10.9. The Kier molecular flexibility index (Phi) is 7.47. The summed E-state index contributed by atoms with van der Waals surface area (Å²) in [4.78, 5) is 11.4. The van der Waals surface area contributed by atoms with Crippen LogP contribution >= 0.6 is 15.9 Å². The fourth-order valence-corrected chi connectivity index (χ4v) is 1.92. The Balaban J connectivity index is 2.20. The number of aromatic hydroxyl groups is 1. The number of amides is 1. The van der Waals surface area contributed by atoms with Gasteiger partial charge < -0.3 is 20.5 Å². The fourth-order valence-electron chi connectivity index (χ4n) is 1.51. The number of halogens is 1. The van der Waals surface area contributed by atoms with Crippen molar-refractivity contribution >= 4 is 21.8 Å². The van der Waals surface area contributed by atoms with Crippen molar-refractivity contribution in [2.24, 2.45) is 0 Å². The van der Waals surface area contributed by atoms with E-state index in [1.807, 2.05) is 12.1 Å². The molecule has 0 aliphatic heterocycles. The van der Waals surface area contributed by atoms with Gasteiger partial charge in [-0.25, -0.2) is 0 Å². The Bertz CT molecular complexity index is 413. The second-order valence-corrected chi connectivity index (χ2v) is 4.87. The van der Waals surface area contributed by atoms with Crippen LogP contribution in [0.1, 0.15) is 12.0 Å². The monoisotopic (exact) mass is 330 g/mol. The molecule has 0 bridgehead atoms. The maximum Gasteiger partial charge on any atom is 0.221 e. The van der Waals surface area contributed by atoms with Crippen LogP contribution in [0.5, 0.6) is 5.75 Å². The first kappa shape index (κ1) is 15.9. The number of carbonyl (C=O) groups is 1. The molecule has 0 fully saturated rings. The normalized spacial score (nSPS) is 10.4. The number of phenolic OH excluding ortho intramolecular Hbond substituents is 1. The molecule has 1 aromatic carbocycles. The van der Waals surface area contributed by atoms with Crippen LogP contribution in [0.3, 0.4) is 0 Å². The molecule has 0 saturated heterocycles. The van der Waals surface area contributed by atoms with Gasteiger partial charge in [-0.2, -0.15) is 0 Å². The second kappa shape index (κ2) is 8.90. The van der Waals surface area contributed by atoms with Gasteiger partial charge in [-0.3, -0.25) is 4.79 Å². The molecule has 1 aromatic rings. The highest BCUT2D eigenvalue weighted by Gasteiger charge is 2.04. The van der Waals surface area contributed by atoms with Crippen LogP contribution < -0.4 is 10.6 Å². The summed E-state index contributed by atoms with van der Waals surface area (Å²) in [6, 6.07) is 5.48. The highest BCUT2D eigenvalue weighted by atomic mass is 79.9. The number of hydrogen-bond donors (Lipinski definition) is 3. The lowest BCUT2D eigenvalue weighted by molar-refractivity contribution is -0.121. The van der Waals surface area contributed by atoms with Crippen molar-refractivity contribution in [3.05, 3.63) is 28.2 Å².